The molecule has 0 saturated carbocycles. The molecule has 1 unspecified atom stereocenters. The number of nitriles is 1. The predicted octanol–water partition coefficient (Wildman–Crippen LogP) is 0.921. The minimum absolute atomic E-state index is 0.274. The molecule has 0 bridgehead atoms. The fourth-order valence-electron chi connectivity index (χ4n) is 1.06. The van der Waals surface area contributed by atoms with E-state index < -0.39 is 0 Å². The second kappa shape index (κ2) is 5.94. The van der Waals surface area contributed by atoms with Crippen LogP contribution in [0.2, 0.25) is 0 Å². The number of aliphatic hydroxyl groups excluding tert-OH is 1. The number of anilines is 1. The van der Waals surface area contributed by atoms with Crippen molar-refractivity contribution >= 4 is 5.82 Å². The molecular weight excluding hydrogens is 192 g/mol. The van der Waals surface area contributed by atoms with Crippen molar-refractivity contribution in [2.45, 2.75) is 25.9 Å². The fourth-order valence-corrected chi connectivity index (χ4v) is 1.06. The van der Waals surface area contributed by atoms with Gasteiger partial charge in [0.15, 0.2) is 5.69 Å². The zero-order valence-corrected chi connectivity index (χ0v) is 8.64. The molecule has 2 N–H and O–H groups in total. The molecule has 1 atom stereocenters. The maximum Gasteiger partial charge on any atom is 0.163 e. The van der Waals surface area contributed by atoms with Gasteiger partial charge >= 0.3 is 0 Å². The summed E-state index contributed by atoms with van der Waals surface area (Å²) in [6, 6.07) is 5.20. The molecule has 0 aliphatic heterocycles. The SMILES string of the molecule is CCC(O)CCNc1ccc(C#N)nn1. The van der Waals surface area contributed by atoms with E-state index in [-0.39, 0.29) is 6.10 Å². The van der Waals surface area contributed by atoms with Crippen molar-refractivity contribution in [3.05, 3.63) is 17.8 Å². The smallest absolute Gasteiger partial charge is 0.163 e. The summed E-state index contributed by atoms with van der Waals surface area (Å²) in [7, 11) is 0. The van der Waals surface area contributed by atoms with Gasteiger partial charge in [-0.15, -0.1) is 10.2 Å². The minimum atomic E-state index is -0.274. The second-order valence-electron chi connectivity index (χ2n) is 3.19. The predicted molar refractivity (Wildman–Crippen MR) is 56.2 cm³/mol. The maximum atomic E-state index is 9.30. The van der Waals surface area contributed by atoms with Gasteiger partial charge in [0.25, 0.3) is 0 Å². The van der Waals surface area contributed by atoms with E-state index in [0.29, 0.717) is 24.5 Å². The standard InChI is InChI=1S/C10H14N4O/c1-2-9(15)5-6-12-10-4-3-8(7-11)13-14-10/h3-4,9,15H,2,5-6H2,1H3,(H,12,14). The molecule has 1 heterocycles. The van der Waals surface area contributed by atoms with Crippen LogP contribution in [-0.4, -0.2) is 28.0 Å². The van der Waals surface area contributed by atoms with Gasteiger partial charge in [-0.05, 0) is 25.0 Å². The van der Waals surface area contributed by atoms with E-state index in [2.05, 4.69) is 15.5 Å². The van der Waals surface area contributed by atoms with Crippen LogP contribution in [-0.2, 0) is 0 Å². The van der Waals surface area contributed by atoms with Crippen LogP contribution in [0.5, 0.6) is 0 Å². The van der Waals surface area contributed by atoms with Crippen LogP contribution in [0, 0.1) is 11.3 Å². The Hall–Kier alpha value is -1.67. The van der Waals surface area contributed by atoms with Crippen molar-refractivity contribution in [3.8, 4) is 6.07 Å². The molecule has 15 heavy (non-hydrogen) atoms. The molecule has 0 aliphatic carbocycles. The lowest BCUT2D eigenvalue weighted by Crippen LogP contribution is -2.13. The van der Waals surface area contributed by atoms with Crippen LogP contribution >= 0.6 is 0 Å². The van der Waals surface area contributed by atoms with Crippen molar-refractivity contribution in [2.75, 3.05) is 11.9 Å². The van der Waals surface area contributed by atoms with Crippen molar-refractivity contribution < 1.29 is 5.11 Å². The first-order valence-electron chi connectivity index (χ1n) is 4.92. The van der Waals surface area contributed by atoms with Crippen LogP contribution < -0.4 is 5.32 Å². The van der Waals surface area contributed by atoms with Gasteiger partial charge in [0.05, 0.1) is 6.10 Å². The summed E-state index contributed by atoms with van der Waals surface area (Å²) < 4.78 is 0. The lowest BCUT2D eigenvalue weighted by Gasteiger charge is -2.08. The fraction of sp³-hybridized carbons (Fsp3) is 0.500. The van der Waals surface area contributed by atoms with Crippen LogP contribution in [0.1, 0.15) is 25.5 Å². The highest BCUT2D eigenvalue weighted by Crippen LogP contribution is 2.02. The van der Waals surface area contributed by atoms with E-state index in [1.807, 2.05) is 13.0 Å². The number of hydrogen-bond acceptors (Lipinski definition) is 5. The molecule has 0 spiro atoms. The van der Waals surface area contributed by atoms with Gasteiger partial charge in [-0.3, -0.25) is 0 Å². The summed E-state index contributed by atoms with van der Waals surface area (Å²) in [4.78, 5) is 0. The molecular formula is C10H14N4O. The van der Waals surface area contributed by atoms with Crippen LogP contribution in [0.25, 0.3) is 0 Å². The Morgan fingerprint density at radius 2 is 2.33 bits per heavy atom. The highest BCUT2D eigenvalue weighted by molar-refractivity contribution is 5.34. The van der Waals surface area contributed by atoms with E-state index in [1.54, 1.807) is 12.1 Å². The molecule has 1 aromatic heterocycles. The summed E-state index contributed by atoms with van der Waals surface area (Å²) in [5.41, 5.74) is 0.300. The van der Waals surface area contributed by atoms with E-state index >= 15 is 0 Å². The van der Waals surface area contributed by atoms with Gasteiger partial charge in [-0.2, -0.15) is 5.26 Å². The zero-order valence-electron chi connectivity index (χ0n) is 8.64. The Morgan fingerprint density at radius 3 is 2.87 bits per heavy atom. The summed E-state index contributed by atoms with van der Waals surface area (Å²) in [6.45, 7) is 2.59. The van der Waals surface area contributed by atoms with E-state index in [1.165, 1.54) is 0 Å². The van der Waals surface area contributed by atoms with E-state index in [9.17, 15) is 5.11 Å². The van der Waals surface area contributed by atoms with Gasteiger partial charge in [0, 0.05) is 6.54 Å². The van der Waals surface area contributed by atoms with Crippen molar-refractivity contribution in [3.63, 3.8) is 0 Å². The van der Waals surface area contributed by atoms with Crippen LogP contribution in [0.15, 0.2) is 12.1 Å². The molecule has 1 rings (SSSR count). The van der Waals surface area contributed by atoms with Gasteiger partial charge in [0.2, 0.25) is 0 Å². The van der Waals surface area contributed by atoms with Crippen LogP contribution in [0.4, 0.5) is 5.82 Å². The first-order chi connectivity index (χ1) is 7.26. The van der Waals surface area contributed by atoms with E-state index in [4.69, 9.17) is 5.26 Å². The Balaban J connectivity index is 2.35. The molecule has 0 aliphatic rings. The molecule has 5 heteroatoms. The van der Waals surface area contributed by atoms with Crippen LogP contribution in [0.3, 0.4) is 0 Å². The zero-order chi connectivity index (χ0) is 11.1. The first kappa shape index (κ1) is 11.4. The third-order valence-electron chi connectivity index (χ3n) is 2.03. The second-order valence-corrected chi connectivity index (χ2v) is 3.19. The Labute approximate surface area is 88.8 Å². The quantitative estimate of drug-likeness (QED) is 0.748. The van der Waals surface area contributed by atoms with Crippen molar-refractivity contribution in [1.29, 1.82) is 5.26 Å². The maximum absolute atomic E-state index is 9.30. The Bertz CT molecular complexity index is 330. The number of hydrogen-bond donors (Lipinski definition) is 2. The monoisotopic (exact) mass is 206 g/mol. The largest absolute Gasteiger partial charge is 0.393 e. The number of aromatic nitrogens is 2. The third kappa shape index (κ3) is 3.92. The molecule has 0 aromatic carbocycles. The lowest BCUT2D eigenvalue weighted by atomic mass is 10.2. The molecule has 5 nitrogen and oxygen atoms in total. The molecule has 0 fully saturated rings. The molecule has 0 saturated heterocycles. The summed E-state index contributed by atoms with van der Waals surface area (Å²) in [6.07, 6.45) is 1.16. The number of nitrogens with zero attached hydrogens (tertiary/aromatic N) is 3. The molecule has 0 radical (unpaired) electrons. The Kier molecular flexibility index (Phi) is 4.51. The Morgan fingerprint density at radius 1 is 1.53 bits per heavy atom. The van der Waals surface area contributed by atoms with Gasteiger partial charge in [0.1, 0.15) is 11.9 Å². The van der Waals surface area contributed by atoms with Gasteiger partial charge in [-0.1, -0.05) is 6.92 Å². The highest BCUT2D eigenvalue weighted by atomic mass is 16.3. The first-order valence-corrected chi connectivity index (χ1v) is 4.92. The topological polar surface area (TPSA) is 81.8 Å². The molecule has 80 valence electrons. The summed E-state index contributed by atoms with van der Waals surface area (Å²) in [5.74, 6) is 0.623. The number of nitrogens with one attached hydrogen (secondary N) is 1. The van der Waals surface area contributed by atoms with Gasteiger partial charge in [-0.25, -0.2) is 0 Å². The van der Waals surface area contributed by atoms with Crippen molar-refractivity contribution in [2.24, 2.45) is 0 Å². The van der Waals surface area contributed by atoms with E-state index in [0.717, 1.165) is 6.42 Å². The highest BCUT2D eigenvalue weighted by Gasteiger charge is 2.00. The average molecular weight is 206 g/mol. The molecule has 1 aromatic rings. The number of aliphatic hydroxyl groups is 1. The summed E-state index contributed by atoms with van der Waals surface area (Å²) in [5, 5.41) is 28.3. The lowest BCUT2D eigenvalue weighted by molar-refractivity contribution is 0.164. The van der Waals surface area contributed by atoms with Crippen molar-refractivity contribution in [1.82, 2.24) is 10.2 Å². The third-order valence-corrected chi connectivity index (χ3v) is 2.03. The minimum Gasteiger partial charge on any atom is -0.393 e. The molecule has 0 amide bonds. The summed E-state index contributed by atoms with van der Waals surface area (Å²) >= 11 is 0. The number of rotatable bonds is 5. The normalized spacial score (nSPS) is 11.8. The van der Waals surface area contributed by atoms with Gasteiger partial charge < -0.3 is 10.4 Å². The average Bonchev–Trinajstić information content (AvgIpc) is 2.29.